The quantitative estimate of drug-likeness (QED) is 0.631. The minimum atomic E-state index is -4.79. The molecule has 0 spiro atoms. The fourth-order valence-electron chi connectivity index (χ4n) is 0.838. The molecule has 5 heteroatoms. The molecule has 1 aliphatic heterocycles. The fraction of sp³-hybridized carbons (Fsp3) is 0.222. The van der Waals surface area contributed by atoms with E-state index in [0.29, 0.717) is 17.2 Å². The summed E-state index contributed by atoms with van der Waals surface area (Å²) in [4.78, 5) is 10.6. The lowest BCUT2D eigenvalue weighted by Gasteiger charge is -2.07. The van der Waals surface area contributed by atoms with Crippen molar-refractivity contribution in [3.8, 4) is 0 Å². The summed E-state index contributed by atoms with van der Waals surface area (Å²) in [6.45, 7) is 1.66. The largest absolute Gasteiger partial charge is 0.454 e. The van der Waals surface area contributed by atoms with Gasteiger partial charge in [0.05, 0.1) is 0 Å². The first-order chi connectivity index (χ1) is 6.41. The van der Waals surface area contributed by atoms with Gasteiger partial charge in [-0.2, -0.15) is 13.2 Å². The Bertz CT molecular complexity index is 336. The van der Waals surface area contributed by atoms with Gasteiger partial charge in [-0.3, -0.25) is 4.79 Å². The Balaban J connectivity index is 2.88. The molecular formula is C9H7F3OS. The molecule has 1 nitrogen and oxygen atoms in total. The van der Waals surface area contributed by atoms with Gasteiger partial charge >= 0.3 is 6.18 Å². The molecule has 0 saturated carbocycles. The predicted octanol–water partition coefficient (Wildman–Crippen LogP) is 3.21. The molecule has 14 heavy (non-hydrogen) atoms. The van der Waals surface area contributed by atoms with Crippen LogP contribution in [0.5, 0.6) is 0 Å². The highest BCUT2D eigenvalue weighted by Crippen LogP contribution is 2.25. The highest BCUT2D eigenvalue weighted by atomic mass is 32.2. The highest BCUT2D eigenvalue weighted by molar-refractivity contribution is 8.05. The molecule has 0 fully saturated rings. The number of hydrogen-bond donors (Lipinski definition) is 0. The van der Waals surface area contributed by atoms with E-state index in [0.717, 1.165) is 0 Å². The Labute approximate surface area is 83.4 Å². The second kappa shape index (κ2) is 4.04. The smallest absolute Gasteiger partial charge is 0.285 e. The van der Waals surface area contributed by atoms with Crippen LogP contribution >= 0.6 is 11.8 Å². The van der Waals surface area contributed by atoms with Crippen LogP contribution in [0, 0.1) is 0 Å². The molecule has 0 amide bonds. The zero-order valence-corrected chi connectivity index (χ0v) is 8.08. The van der Waals surface area contributed by atoms with E-state index >= 15 is 0 Å². The van der Waals surface area contributed by atoms with Crippen LogP contribution in [0.2, 0.25) is 0 Å². The van der Waals surface area contributed by atoms with Gasteiger partial charge in [0.15, 0.2) is 0 Å². The SMILES string of the molecule is CC1=CSC=C/C1=C/C(=O)C(F)(F)F. The second-order valence-electron chi connectivity index (χ2n) is 2.70. The van der Waals surface area contributed by atoms with Gasteiger partial charge in [-0.15, -0.1) is 11.8 Å². The monoisotopic (exact) mass is 220 g/mol. The molecule has 1 aliphatic rings. The van der Waals surface area contributed by atoms with Crippen molar-refractivity contribution in [1.29, 1.82) is 0 Å². The maximum absolute atomic E-state index is 11.9. The third-order valence-corrected chi connectivity index (χ3v) is 2.38. The van der Waals surface area contributed by atoms with E-state index in [4.69, 9.17) is 0 Å². The van der Waals surface area contributed by atoms with Gasteiger partial charge in [0, 0.05) is 0 Å². The normalized spacial score (nSPS) is 19.7. The molecule has 0 unspecified atom stereocenters. The molecular weight excluding hydrogens is 213 g/mol. The van der Waals surface area contributed by atoms with E-state index in [9.17, 15) is 18.0 Å². The summed E-state index contributed by atoms with van der Waals surface area (Å²) >= 11 is 1.37. The van der Waals surface area contributed by atoms with Gasteiger partial charge in [0.1, 0.15) is 0 Å². The van der Waals surface area contributed by atoms with E-state index < -0.39 is 12.0 Å². The predicted molar refractivity (Wildman–Crippen MR) is 49.6 cm³/mol. The summed E-state index contributed by atoms with van der Waals surface area (Å²) in [5.41, 5.74) is 0.973. The van der Waals surface area contributed by atoms with Gasteiger partial charge in [0.25, 0.3) is 5.78 Å². The summed E-state index contributed by atoms with van der Waals surface area (Å²) in [5.74, 6) is -1.82. The molecule has 1 heterocycles. The average Bonchev–Trinajstić information content (AvgIpc) is 2.07. The lowest BCUT2D eigenvalue weighted by molar-refractivity contribution is -0.165. The Kier molecular flexibility index (Phi) is 3.21. The maximum atomic E-state index is 11.9. The Hall–Kier alpha value is -0.970. The van der Waals surface area contributed by atoms with E-state index in [1.165, 1.54) is 17.8 Å². The summed E-state index contributed by atoms with van der Waals surface area (Å²) in [6.07, 6.45) is -2.68. The number of carbonyl (C=O) groups excluding carboxylic acids is 1. The van der Waals surface area contributed by atoms with Crippen molar-refractivity contribution in [2.45, 2.75) is 13.1 Å². The standard InChI is InChI=1S/C9H7F3OS/c1-6-5-14-3-2-7(6)4-8(13)9(10,11)12/h2-5H,1H3/b7-4-. The Morgan fingerprint density at radius 3 is 2.64 bits per heavy atom. The molecule has 1 rings (SSSR count). The summed E-state index contributed by atoms with van der Waals surface area (Å²) < 4.78 is 35.7. The molecule has 0 aromatic carbocycles. The molecule has 0 N–H and O–H groups in total. The average molecular weight is 220 g/mol. The van der Waals surface area contributed by atoms with Gasteiger partial charge < -0.3 is 0 Å². The van der Waals surface area contributed by atoms with Crippen molar-refractivity contribution >= 4 is 17.5 Å². The summed E-state index contributed by atoms with van der Waals surface area (Å²) in [6, 6.07) is 0. The zero-order chi connectivity index (χ0) is 10.8. The van der Waals surface area contributed by atoms with Crippen molar-refractivity contribution in [3.63, 3.8) is 0 Å². The molecule has 0 bridgehead atoms. The highest BCUT2D eigenvalue weighted by Gasteiger charge is 2.36. The second-order valence-corrected chi connectivity index (χ2v) is 3.48. The third-order valence-electron chi connectivity index (χ3n) is 1.59. The van der Waals surface area contributed by atoms with Crippen molar-refractivity contribution in [2.24, 2.45) is 0 Å². The van der Waals surface area contributed by atoms with E-state index in [-0.39, 0.29) is 0 Å². The molecule has 0 aromatic rings. The lowest BCUT2D eigenvalue weighted by Crippen LogP contribution is -2.20. The topological polar surface area (TPSA) is 17.1 Å². The Morgan fingerprint density at radius 1 is 1.50 bits per heavy atom. The van der Waals surface area contributed by atoms with Crippen LogP contribution in [-0.4, -0.2) is 12.0 Å². The fourth-order valence-corrected chi connectivity index (χ4v) is 1.48. The first-order valence-corrected chi connectivity index (χ1v) is 4.67. The number of thioether (sulfide) groups is 1. The third kappa shape index (κ3) is 2.77. The van der Waals surface area contributed by atoms with Crippen LogP contribution in [0.1, 0.15) is 6.92 Å². The Morgan fingerprint density at radius 2 is 2.14 bits per heavy atom. The van der Waals surface area contributed by atoms with Crippen molar-refractivity contribution < 1.29 is 18.0 Å². The van der Waals surface area contributed by atoms with Gasteiger partial charge in [-0.1, -0.05) is 0 Å². The van der Waals surface area contributed by atoms with Crippen LogP contribution in [-0.2, 0) is 4.79 Å². The molecule has 0 aliphatic carbocycles. The van der Waals surface area contributed by atoms with Crippen LogP contribution in [0.3, 0.4) is 0 Å². The molecule has 0 atom stereocenters. The summed E-state index contributed by atoms with van der Waals surface area (Å²) in [7, 11) is 0. The zero-order valence-electron chi connectivity index (χ0n) is 7.26. The number of halogens is 3. The molecule has 0 radical (unpaired) electrons. The van der Waals surface area contributed by atoms with Crippen molar-refractivity contribution in [2.75, 3.05) is 0 Å². The number of ketones is 1. The molecule has 76 valence electrons. The van der Waals surface area contributed by atoms with E-state index in [2.05, 4.69) is 0 Å². The minimum Gasteiger partial charge on any atom is -0.285 e. The number of allylic oxidation sites excluding steroid dienone is 4. The molecule has 0 saturated heterocycles. The number of rotatable bonds is 1. The summed E-state index contributed by atoms with van der Waals surface area (Å²) in [5, 5.41) is 3.32. The van der Waals surface area contributed by atoms with Gasteiger partial charge in [0.2, 0.25) is 0 Å². The maximum Gasteiger partial charge on any atom is 0.454 e. The molecule has 0 aromatic heterocycles. The van der Waals surface area contributed by atoms with E-state index in [1.54, 1.807) is 17.7 Å². The first kappa shape index (κ1) is 11.1. The van der Waals surface area contributed by atoms with Crippen LogP contribution in [0.4, 0.5) is 13.2 Å². The van der Waals surface area contributed by atoms with Crippen LogP contribution in [0.15, 0.2) is 34.1 Å². The van der Waals surface area contributed by atoms with Gasteiger partial charge in [-0.25, -0.2) is 0 Å². The van der Waals surface area contributed by atoms with Crippen molar-refractivity contribution in [1.82, 2.24) is 0 Å². The van der Waals surface area contributed by atoms with Crippen LogP contribution in [0.25, 0.3) is 0 Å². The number of carbonyl (C=O) groups is 1. The van der Waals surface area contributed by atoms with Crippen LogP contribution < -0.4 is 0 Å². The lowest BCUT2D eigenvalue weighted by atomic mass is 10.1. The van der Waals surface area contributed by atoms with Crippen molar-refractivity contribution in [3.05, 3.63) is 34.1 Å². The number of alkyl halides is 3. The van der Waals surface area contributed by atoms with Gasteiger partial charge in [-0.05, 0) is 41.0 Å². The minimum absolute atomic E-state index is 0.311. The van der Waals surface area contributed by atoms with E-state index in [1.807, 2.05) is 0 Å². The first-order valence-electron chi connectivity index (χ1n) is 3.73. The number of hydrogen-bond acceptors (Lipinski definition) is 2.